The smallest absolute Gasteiger partial charge is 0.0861 e. The van der Waals surface area contributed by atoms with E-state index in [0.29, 0.717) is 6.42 Å². The third kappa shape index (κ3) is 2.59. The molecule has 2 rings (SSSR count). The molecule has 2 aromatic rings. The van der Waals surface area contributed by atoms with Gasteiger partial charge in [0.15, 0.2) is 0 Å². The van der Waals surface area contributed by atoms with Crippen LogP contribution in [0.3, 0.4) is 0 Å². The molecule has 2 aromatic heterocycles. The first-order valence-electron chi connectivity index (χ1n) is 5.78. The van der Waals surface area contributed by atoms with E-state index in [4.69, 9.17) is 0 Å². The summed E-state index contributed by atoms with van der Waals surface area (Å²) in [4.78, 5) is 0. The van der Waals surface area contributed by atoms with E-state index in [9.17, 15) is 5.11 Å². The van der Waals surface area contributed by atoms with E-state index in [1.807, 2.05) is 7.05 Å². The summed E-state index contributed by atoms with van der Waals surface area (Å²) in [6.45, 7) is 2.06. The van der Waals surface area contributed by atoms with Crippen molar-refractivity contribution in [1.82, 2.24) is 20.0 Å². The second-order valence-corrected chi connectivity index (χ2v) is 4.87. The number of rotatable bonds is 4. The Bertz CT molecular complexity index is 526. The molecule has 1 N–H and O–H groups in total. The van der Waals surface area contributed by atoms with Crippen LogP contribution in [0.4, 0.5) is 0 Å². The van der Waals surface area contributed by atoms with Crippen LogP contribution >= 0.6 is 15.9 Å². The highest BCUT2D eigenvalue weighted by molar-refractivity contribution is 9.10. The van der Waals surface area contributed by atoms with Crippen LogP contribution in [0.25, 0.3) is 0 Å². The van der Waals surface area contributed by atoms with Gasteiger partial charge in [-0.05, 0) is 28.4 Å². The van der Waals surface area contributed by atoms with Crippen LogP contribution in [-0.2, 0) is 19.9 Å². The van der Waals surface area contributed by atoms with Crippen molar-refractivity contribution in [3.8, 4) is 0 Å². The van der Waals surface area contributed by atoms with Gasteiger partial charge in [0.1, 0.15) is 0 Å². The van der Waals surface area contributed by atoms with E-state index in [1.54, 1.807) is 23.1 Å². The molecule has 5 nitrogen and oxygen atoms in total. The molecule has 6 heteroatoms. The summed E-state index contributed by atoms with van der Waals surface area (Å²) in [6.07, 6.45) is 3.91. The van der Waals surface area contributed by atoms with Crippen molar-refractivity contribution >= 4 is 15.9 Å². The summed E-state index contributed by atoms with van der Waals surface area (Å²) in [6, 6.07) is 1.77. The normalized spacial score (nSPS) is 12.7. The molecule has 1 atom stereocenters. The van der Waals surface area contributed by atoms with Crippen LogP contribution in [0.5, 0.6) is 0 Å². The second kappa shape index (κ2) is 5.58. The Morgan fingerprint density at radius 3 is 2.78 bits per heavy atom. The molecule has 0 bridgehead atoms. The molecule has 0 radical (unpaired) electrons. The van der Waals surface area contributed by atoms with Crippen molar-refractivity contribution in [2.24, 2.45) is 7.05 Å². The Labute approximate surface area is 114 Å². The highest BCUT2D eigenvalue weighted by Gasteiger charge is 2.17. The largest absolute Gasteiger partial charge is 0.388 e. The van der Waals surface area contributed by atoms with Crippen LogP contribution in [0.1, 0.15) is 30.0 Å². The van der Waals surface area contributed by atoms with E-state index in [1.165, 1.54) is 0 Å². The Balaban J connectivity index is 2.22. The first-order valence-corrected chi connectivity index (χ1v) is 6.57. The number of hydrogen-bond donors (Lipinski definition) is 1. The SMILES string of the molecule is CCc1nn(C)c(CC(O)c2ccnnc2)c1Br. The van der Waals surface area contributed by atoms with Crippen LogP contribution in [0.2, 0.25) is 0 Å². The summed E-state index contributed by atoms with van der Waals surface area (Å²) >= 11 is 3.54. The zero-order valence-corrected chi connectivity index (χ0v) is 11.9. The van der Waals surface area contributed by atoms with Crippen LogP contribution < -0.4 is 0 Å². The first-order chi connectivity index (χ1) is 8.63. The summed E-state index contributed by atoms with van der Waals surface area (Å²) < 4.78 is 2.79. The van der Waals surface area contributed by atoms with Gasteiger partial charge in [0.25, 0.3) is 0 Å². The molecule has 0 aliphatic heterocycles. The molecule has 1 unspecified atom stereocenters. The first kappa shape index (κ1) is 13.2. The summed E-state index contributed by atoms with van der Waals surface area (Å²) in [5, 5.41) is 22.1. The zero-order chi connectivity index (χ0) is 13.1. The van der Waals surface area contributed by atoms with Gasteiger partial charge in [-0.25, -0.2) is 0 Å². The minimum absolute atomic E-state index is 0.496. The highest BCUT2D eigenvalue weighted by atomic mass is 79.9. The number of halogens is 1. The van der Waals surface area contributed by atoms with Gasteiger partial charge in [0.05, 0.1) is 28.2 Å². The van der Waals surface area contributed by atoms with Gasteiger partial charge in [0.2, 0.25) is 0 Å². The molecule has 0 aliphatic rings. The predicted octanol–water partition coefficient (Wildman–Crippen LogP) is 1.81. The fraction of sp³-hybridized carbons (Fsp3) is 0.417. The second-order valence-electron chi connectivity index (χ2n) is 4.08. The zero-order valence-electron chi connectivity index (χ0n) is 10.3. The van der Waals surface area contributed by atoms with Gasteiger partial charge in [0, 0.05) is 25.2 Å². The third-order valence-electron chi connectivity index (χ3n) is 2.88. The van der Waals surface area contributed by atoms with E-state index < -0.39 is 6.10 Å². The standard InChI is InChI=1S/C12H15BrN4O/c1-3-9-12(13)10(17(2)16-9)6-11(18)8-4-5-14-15-7-8/h4-5,7,11,18H,3,6H2,1-2H3. The molecule has 96 valence electrons. The summed E-state index contributed by atoms with van der Waals surface area (Å²) in [5.74, 6) is 0. The van der Waals surface area contributed by atoms with Crippen molar-refractivity contribution in [1.29, 1.82) is 0 Å². The third-order valence-corrected chi connectivity index (χ3v) is 3.80. The minimum Gasteiger partial charge on any atom is -0.388 e. The Kier molecular flexibility index (Phi) is 4.08. The van der Waals surface area contributed by atoms with Crippen molar-refractivity contribution in [3.63, 3.8) is 0 Å². The molecule has 0 saturated heterocycles. The maximum absolute atomic E-state index is 10.2. The lowest BCUT2D eigenvalue weighted by atomic mass is 10.1. The predicted molar refractivity (Wildman–Crippen MR) is 71.0 cm³/mol. The highest BCUT2D eigenvalue weighted by Crippen LogP contribution is 2.26. The molecule has 0 aromatic carbocycles. The Morgan fingerprint density at radius 2 is 2.22 bits per heavy atom. The minimum atomic E-state index is -0.600. The number of aromatic nitrogens is 4. The molecule has 0 spiro atoms. The van der Waals surface area contributed by atoms with E-state index in [2.05, 4.69) is 38.1 Å². The lowest BCUT2D eigenvalue weighted by molar-refractivity contribution is 0.175. The van der Waals surface area contributed by atoms with Crippen molar-refractivity contribution in [3.05, 3.63) is 39.9 Å². The molecule has 0 saturated carbocycles. The molecule has 0 fully saturated rings. The average Bonchev–Trinajstić information content (AvgIpc) is 2.67. The fourth-order valence-corrected chi connectivity index (χ4v) is 2.62. The van der Waals surface area contributed by atoms with Crippen molar-refractivity contribution in [2.45, 2.75) is 25.9 Å². The monoisotopic (exact) mass is 310 g/mol. The molecular weight excluding hydrogens is 296 g/mol. The Hall–Kier alpha value is -1.27. The van der Waals surface area contributed by atoms with Gasteiger partial charge >= 0.3 is 0 Å². The number of hydrogen-bond acceptors (Lipinski definition) is 4. The van der Waals surface area contributed by atoms with E-state index >= 15 is 0 Å². The molecule has 0 amide bonds. The maximum atomic E-state index is 10.2. The molecule has 2 heterocycles. The average molecular weight is 311 g/mol. The topological polar surface area (TPSA) is 63.8 Å². The Morgan fingerprint density at radius 1 is 1.44 bits per heavy atom. The van der Waals surface area contributed by atoms with E-state index in [0.717, 1.165) is 27.8 Å². The number of aliphatic hydroxyl groups is 1. The van der Waals surface area contributed by atoms with Crippen molar-refractivity contribution in [2.75, 3.05) is 0 Å². The lowest BCUT2D eigenvalue weighted by Gasteiger charge is -2.10. The van der Waals surface area contributed by atoms with Gasteiger partial charge < -0.3 is 5.11 Å². The van der Waals surface area contributed by atoms with Crippen LogP contribution in [0.15, 0.2) is 22.9 Å². The molecule has 0 aliphatic carbocycles. The molecular formula is C12H15BrN4O. The van der Waals surface area contributed by atoms with Gasteiger partial charge in [-0.2, -0.15) is 15.3 Å². The van der Waals surface area contributed by atoms with Gasteiger partial charge in [-0.3, -0.25) is 4.68 Å². The number of nitrogens with zero attached hydrogens (tertiary/aromatic N) is 4. The molecule has 18 heavy (non-hydrogen) atoms. The van der Waals surface area contributed by atoms with Crippen LogP contribution in [0, 0.1) is 0 Å². The van der Waals surface area contributed by atoms with Gasteiger partial charge in [-0.1, -0.05) is 6.92 Å². The summed E-state index contributed by atoms with van der Waals surface area (Å²) in [5.41, 5.74) is 2.75. The number of aliphatic hydroxyl groups excluding tert-OH is 1. The van der Waals surface area contributed by atoms with Crippen molar-refractivity contribution < 1.29 is 5.11 Å². The number of aryl methyl sites for hydroxylation is 2. The van der Waals surface area contributed by atoms with Gasteiger partial charge in [-0.15, -0.1) is 0 Å². The maximum Gasteiger partial charge on any atom is 0.0861 e. The fourth-order valence-electron chi connectivity index (χ4n) is 1.84. The van der Waals surface area contributed by atoms with E-state index in [-0.39, 0.29) is 0 Å². The lowest BCUT2D eigenvalue weighted by Crippen LogP contribution is -2.07. The van der Waals surface area contributed by atoms with Crippen LogP contribution in [-0.4, -0.2) is 25.1 Å². The quantitative estimate of drug-likeness (QED) is 0.935. The summed E-state index contributed by atoms with van der Waals surface area (Å²) in [7, 11) is 1.89.